The summed E-state index contributed by atoms with van der Waals surface area (Å²) < 4.78 is 6.03. The van der Waals surface area contributed by atoms with E-state index in [1.54, 1.807) is 0 Å². The van der Waals surface area contributed by atoms with Gasteiger partial charge in [0.05, 0.1) is 5.56 Å². The fourth-order valence-electron chi connectivity index (χ4n) is 2.57. The number of hydrogen-bond acceptors (Lipinski definition) is 3. The molecule has 2 heterocycles. The van der Waals surface area contributed by atoms with E-state index in [0.717, 1.165) is 28.7 Å². The molecule has 0 aromatic heterocycles. The van der Waals surface area contributed by atoms with Crippen LogP contribution in [0.2, 0.25) is 0 Å². The van der Waals surface area contributed by atoms with Crippen LogP contribution in [0.25, 0.3) is 6.08 Å². The Balaban J connectivity index is 1.82. The van der Waals surface area contributed by atoms with Crippen molar-refractivity contribution in [2.75, 3.05) is 13.1 Å². The molecule has 1 aromatic carbocycles. The van der Waals surface area contributed by atoms with E-state index in [4.69, 9.17) is 4.74 Å². The van der Waals surface area contributed by atoms with Crippen LogP contribution in [0, 0.1) is 0 Å². The van der Waals surface area contributed by atoms with Crippen molar-refractivity contribution in [1.82, 2.24) is 4.90 Å². The number of benzene rings is 1. The summed E-state index contributed by atoms with van der Waals surface area (Å²) in [6, 6.07) is 3.82. The molecule has 4 heteroatoms. The Kier molecular flexibility index (Phi) is 3.60. The molecule has 2 aliphatic rings. The molecule has 0 N–H and O–H groups in total. The van der Waals surface area contributed by atoms with E-state index in [9.17, 15) is 4.79 Å². The van der Waals surface area contributed by atoms with E-state index >= 15 is 0 Å². The Bertz CT molecular complexity index is 533. The highest BCUT2D eigenvalue weighted by atomic mass is 79.9. The van der Waals surface area contributed by atoms with Gasteiger partial charge >= 0.3 is 5.97 Å². The highest BCUT2D eigenvalue weighted by Gasteiger charge is 2.24. The van der Waals surface area contributed by atoms with Crippen LogP contribution >= 0.6 is 15.9 Å². The Morgan fingerprint density at radius 3 is 2.79 bits per heavy atom. The number of carbonyl (C=O) groups excluding carboxylic acids is 1. The summed E-state index contributed by atoms with van der Waals surface area (Å²) in [5.41, 5.74) is 2.75. The zero-order valence-corrected chi connectivity index (χ0v) is 12.3. The molecule has 2 aliphatic heterocycles. The molecule has 3 nitrogen and oxygen atoms in total. The second-order valence-corrected chi connectivity index (χ2v) is 5.78. The van der Waals surface area contributed by atoms with Crippen molar-refractivity contribution >= 4 is 28.0 Å². The van der Waals surface area contributed by atoms with E-state index in [1.165, 1.54) is 19.3 Å². The molecule has 1 fully saturated rings. The molecule has 0 atom stereocenters. The van der Waals surface area contributed by atoms with Gasteiger partial charge in [0.2, 0.25) is 0 Å². The monoisotopic (exact) mass is 321 g/mol. The van der Waals surface area contributed by atoms with Gasteiger partial charge in [-0.05, 0) is 59.1 Å². The van der Waals surface area contributed by atoms with Crippen molar-refractivity contribution < 1.29 is 9.53 Å². The predicted molar refractivity (Wildman–Crippen MR) is 77.7 cm³/mol. The van der Waals surface area contributed by atoms with E-state index in [-0.39, 0.29) is 5.97 Å². The number of carbonyl (C=O) groups is 1. The molecule has 0 aliphatic carbocycles. The lowest BCUT2D eigenvalue weighted by molar-refractivity contribution is 0.0535. The zero-order valence-electron chi connectivity index (χ0n) is 10.7. The average Bonchev–Trinajstić information content (AvgIpc) is 2.82. The summed E-state index contributed by atoms with van der Waals surface area (Å²) >= 11 is 3.58. The van der Waals surface area contributed by atoms with Gasteiger partial charge in [0.25, 0.3) is 0 Å². The van der Waals surface area contributed by atoms with E-state index in [1.807, 2.05) is 12.1 Å². The molecule has 0 bridgehead atoms. The van der Waals surface area contributed by atoms with E-state index < -0.39 is 0 Å². The minimum Gasteiger partial charge on any atom is -0.457 e. The topological polar surface area (TPSA) is 29.5 Å². The third kappa shape index (κ3) is 2.54. The van der Waals surface area contributed by atoms with Gasteiger partial charge in [-0.1, -0.05) is 6.07 Å². The fourth-order valence-corrected chi connectivity index (χ4v) is 3.16. The van der Waals surface area contributed by atoms with Crippen LogP contribution in [0.15, 0.2) is 22.8 Å². The van der Waals surface area contributed by atoms with Crippen LogP contribution in [0.5, 0.6) is 0 Å². The maximum absolute atomic E-state index is 11.5. The van der Waals surface area contributed by atoms with Crippen molar-refractivity contribution in [2.45, 2.75) is 25.9 Å². The molecule has 100 valence electrons. The molecular formula is C15H16BrNO2. The van der Waals surface area contributed by atoms with Crippen LogP contribution in [-0.4, -0.2) is 24.0 Å². The van der Waals surface area contributed by atoms with Crippen molar-refractivity contribution in [3.63, 3.8) is 0 Å². The van der Waals surface area contributed by atoms with Gasteiger partial charge < -0.3 is 9.64 Å². The zero-order chi connectivity index (χ0) is 13.2. The summed E-state index contributed by atoms with van der Waals surface area (Å²) in [6.45, 7) is 2.65. The maximum atomic E-state index is 11.5. The van der Waals surface area contributed by atoms with Gasteiger partial charge in [-0.15, -0.1) is 0 Å². The molecule has 1 aromatic rings. The first-order valence-electron chi connectivity index (χ1n) is 6.66. The Morgan fingerprint density at radius 1 is 1.21 bits per heavy atom. The largest absolute Gasteiger partial charge is 0.457 e. The smallest absolute Gasteiger partial charge is 0.338 e. The molecule has 0 radical (unpaired) electrons. The number of likely N-dealkylation sites (tertiary alicyclic amines) is 1. The number of halogens is 1. The number of fused-ring (bicyclic) bond motifs is 1. The molecule has 0 saturated carbocycles. The maximum Gasteiger partial charge on any atom is 0.338 e. The van der Waals surface area contributed by atoms with Gasteiger partial charge in [0.15, 0.2) is 0 Å². The first-order valence-corrected chi connectivity index (χ1v) is 7.46. The van der Waals surface area contributed by atoms with Crippen molar-refractivity contribution in [1.29, 1.82) is 0 Å². The molecule has 0 unspecified atom stereocenters. The van der Waals surface area contributed by atoms with Crippen LogP contribution in [0.4, 0.5) is 0 Å². The fraction of sp³-hybridized carbons (Fsp3) is 0.400. The van der Waals surface area contributed by atoms with Gasteiger partial charge in [-0.25, -0.2) is 4.79 Å². The van der Waals surface area contributed by atoms with Crippen molar-refractivity contribution in [3.05, 3.63) is 39.5 Å². The van der Waals surface area contributed by atoms with Crippen molar-refractivity contribution in [2.24, 2.45) is 0 Å². The highest BCUT2D eigenvalue weighted by molar-refractivity contribution is 9.10. The van der Waals surface area contributed by atoms with Gasteiger partial charge in [-0.3, -0.25) is 0 Å². The second-order valence-electron chi connectivity index (χ2n) is 4.98. The lowest BCUT2D eigenvalue weighted by Gasteiger charge is -2.24. The van der Waals surface area contributed by atoms with E-state index in [2.05, 4.69) is 33.1 Å². The first kappa shape index (κ1) is 12.7. The van der Waals surface area contributed by atoms with Crippen LogP contribution in [0.3, 0.4) is 0 Å². The number of hydrogen-bond donors (Lipinski definition) is 0. The summed E-state index contributed by atoms with van der Waals surface area (Å²) in [4.78, 5) is 13.8. The summed E-state index contributed by atoms with van der Waals surface area (Å²) in [5.74, 6) is -0.220. The summed E-state index contributed by atoms with van der Waals surface area (Å²) in [6.07, 6.45) is 8.16. The van der Waals surface area contributed by atoms with E-state index in [0.29, 0.717) is 12.2 Å². The number of nitrogens with zero attached hydrogens (tertiary/aromatic N) is 1. The van der Waals surface area contributed by atoms with Gasteiger partial charge in [0.1, 0.15) is 6.61 Å². The minimum absolute atomic E-state index is 0.220. The third-order valence-corrected chi connectivity index (χ3v) is 4.63. The van der Waals surface area contributed by atoms with Crippen LogP contribution in [-0.2, 0) is 11.3 Å². The second kappa shape index (κ2) is 5.37. The Morgan fingerprint density at radius 2 is 2.00 bits per heavy atom. The Hall–Kier alpha value is -1.29. The normalized spacial score (nSPS) is 18.8. The van der Waals surface area contributed by atoms with Crippen LogP contribution < -0.4 is 0 Å². The lowest BCUT2D eigenvalue weighted by Crippen LogP contribution is -2.23. The standard InChI is InChI=1S/C15H16BrNO2/c16-14-11(6-9-17-7-2-1-3-8-17)4-5-12-13(14)10-19-15(12)18/h4-6,9H,1-3,7-8,10H2/b9-6+. The lowest BCUT2D eigenvalue weighted by atomic mass is 10.1. The molecule has 19 heavy (non-hydrogen) atoms. The molecule has 0 spiro atoms. The summed E-state index contributed by atoms with van der Waals surface area (Å²) in [5, 5.41) is 0. The molecule has 3 rings (SSSR count). The number of rotatable bonds is 2. The third-order valence-electron chi connectivity index (χ3n) is 3.70. The van der Waals surface area contributed by atoms with Crippen molar-refractivity contribution in [3.8, 4) is 0 Å². The highest BCUT2D eigenvalue weighted by Crippen LogP contribution is 2.31. The average molecular weight is 322 g/mol. The SMILES string of the molecule is O=C1OCc2c1ccc(/C=C/N1CCCCC1)c2Br. The van der Waals surface area contributed by atoms with Gasteiger partial charge in [0, 0.05) is 23.1 Å². The number of piperidine rings is 1. The molecular weight excluding hydrogens is 306 g/mol. The molecule has 1 saturated heterocycles. The molecule has 0 amide bonds. The summed E-state index contributed by atoms with van der Waals surface area (Å²) in [7, 11) is 0. The quantitative estimate of drug-likeness (QED) is 0.780. The van der Waals surface area contributed by atoms with Crippen LogP contribution in [0.1, 0.15) is 40.7 Å². The Labute approximate surface area is 121 Å². The number of esters is 1. The predicted octanol–water partition coefficient (Wildman–Crippen LogP) is 3.58. The van der Waals surface area contributed by atoms with Gasteiger partial charge in [-0.2, -0.15) is 0 Å². The first-order chi connectivity index (χ1) is 9.25. The number of cyclic esters (lactones) is 1. The minimum atomic E-state index is -0.220. The number of ether oxygens (including phenoxy) is 1.